The van der Waals surface area contributed by atoms with Crippen LogP contribution in [0.1, 0.15) is 23.2 Å². The number of hydrogen-bond acceptors (Lipinski definition) is 3. The van der Waals surface area contributed by atoms with E-state index in [1.54, 1.807) is 0 Å². The van der Waals surface area contributed by atoms with Gasteiger partial charge in [0.1, 0.15) is 0 Å². The second kappa shape index (κ2) is 8.64. The number of nitrogens with one attached hydrogen (secondary N) is 2. The average Bonchev–Trinajstić information content (AvgIpc) is 2.45. The second-order valence-corrected chi connectivity index (χ2v) is 6.13. The largest absolute Gasteiger partial charge is 0.446 e. The molecule has 2 rings (SSSR count). The molecule has 8 heteroatoms. The Morgan fingerprint density at radius 1 is 1.32 bits per heavy atom. The van der Waals surface area contributed by atoms with Gasteiger partial charge in [-0.05, 0) is 67.9 Å². The highest BCUT2D eigenvalue weighted by Crippen LogP contribution is 2.36. The van der Waals surface area contributed by atoms with Gasteiger partial charge >= 0.3 is 5.51 Å². The van der Waals surface area contributed by atoms with Crippen LogP contribution in [0.25, 0.3) is 0 Å². The van der Waals surface area contributed by atoms with Crippen molar-refractivity contribution >= 4 is 30.1 Å². The lowest BCUT2D eigenvalue weighted by molar-refractivity contribution is -0.0328. The third kappa shape index (κ3) is 6.46. The van der Waals surface area contributed by atoms with Gasteiger partial charge in [-0.3, -0.25) is 4.79 Å². The Morgan fingerprint density at radius 2 is 2.00 bits per heavy atom. The van der Waals surface area contributed by atoms with Crippen molar-refractivity contribution in [1.82, 2.24) is 10.6 Å². The summed E-state index contributed by atoms with van der Waals surface area (Å²) in [5, 5.41) is 6.10. The van der Waals surface area contributed by atoms with Crippen molar-refractivity contribution in [3.05, 3.63) is 29.8 Å². The van der Waals surface area contributed by atoms with Gasteiger partial charge in [-0.25, -0.2) is 0 Å². The molecule has 0 spiro atoms. The summed E-state index contributed by atoms with van der Waals surface area (Å²) in [6.45, 7) is 2.50. The first-order chi connectivity index (χ1) is 9.94. The number of alkyl halides is 3. The molecular formula is C14H18ClF3N2OS. The maximum absolute atomic E-state index is 12.2. The molecule has 2 N–H and O–H groups in total. The predicted molar refractivity (Wildman–Crippen MR) is 83.5 cm³/mol. The summed E-state index contributed by atoms with van der Waals surface area (Å²) < 4.78 is 36.6. The van der Waals surface area contributed by atoms with E-state index in [2.05, 4.69) is 10.6 Å². The zero-order valence-corrected chi connectivity index (χ0v) is 13.4. The van der Waals surface area contributed by atoms with Crippen LogP contribution >= 0.6 is 24.2 Å². The second-order valence-electron chi connectivity index (χ2n) is 4.99. The molecule has 0 aromatic heterocycles. The summed E-state index contributed by atoms with van der Waals surface area (Å²) in [7, 11) is 0. The zero-order chi connectivity index (χ0) is 15.3. The van der Waals surface area contributed by atoms with Crippen molar-refractivity contribution in [2.45, 2.75) is 23.2 Å². The molecule has 1 aromatic carbocycles. The fourth-order valence-electron chi connectivity index (χ4n) is 2.25. The number of amides is 1. The van der Waals surface area contributed by atoms with E-state index in [1.165, 1.54) is 24.3 Å². The molecule has 124 valence electrons. The molecule has 1 heterocycles. The fourth-order valence-corrected chi connectivity index (χ4v) is 2.78. The number of halogens is 4. The first-order valence-corrected chi connectivity index (χ1v) is 7.60. The molecule has 1 aliphatic rings. The van der Waals surface area contributed by atoms with Gasteiger partial charge in [0, 0.05) is 17.0 Å². The third-order valence-electron chi connectivity index (χ3n) is 3.30. The molecule has 1 unspecified atom stereocenters. The average molecular weight is 355 g/mol. The SMILES string of the molecule is Cl.O=C(NCC1CCCNC1)c1ccc(SC(F)(F)F)cc1. The summed E-state index contributed by atoms with van der Waals surface area (Å²) in [6, 6.07) is 5.47. The third-order valence-corrected chi connectivity index (χ3v) is 4.04. The molecule has 0 saturated carbocycles. The number of piperidine rings is 1. The van der Waals surface area contributed by atoms with Crippen molar-refractivity contribution in [2.24, 2.45) is 5.92 Å². The van der Waals surface area contributed by atoms with E-state index in [0.717, 1.165) is 25.9 Å². The summed E-state index contributed by atoms with van der Waals surface area (Å²) in [5.74, 6) is 0.173. The molecular weight excluding hydrogens is 337 g/mol. The summed E-state index contributed by atoms with van der Waals surface area (Å²) in [6.07, 6.45) is 2.18. The van der Waals surface area contributed by atoms with Gasteiger partial charge in [0.05, 0.1) is 0 Å². The van der Waals surface area contributed by atoms with E-state index in [9.17, 15) is 18.0 Å². The molecule has 1 aliphatic heterocycles. The Kier molecular flexibility index (Phi) is 7.52. The van der Waals surface area contributed by atoms with Crippen LogP contribution in [0.5, 0.6) is 0 Å². The van der Waals surface area contributed by atoms with Crippen molar-refractivity contribution in [3.63, 3.8) is 0 Å². The highest BCUT2D eigenvalue weighted by Gasteiger charge is 2.29. The van der Waals surface area contributed by atoms with E-state index in [4.69, 9.17) is 0 Å². The Morgan fingerprint density at radius 3 is 2.55 bits per heavy atom. The number of benzene rings is 1. The van der Waals surface area contributed by atoms with Crippen LogP contribution in [0.4, 0.5) is 13.2 Å². The first-order valence-electron chi connectivity index (χ1n) is 6.79. The van der Waals surface area contributed by atoms with Gasteiger partial charge in [0.2, 0.25) is 0 Å². The summed E-state index contributed by atoms with van der Waals surface area (Å²) >= 11 is -0.183. The Hall–Kier alpha value is -0.920. The zero-order valence-electron chi connectivity index (χ0n) is 11.8. The van der Waals surface area contributed by atoms with Crippen molar-refractivity contribution in [3.8, 4) is 0 Å². The summed E-state index contributed by atoms with van der Waals surface area (Å²) in [5.41, 5.74) is -3.93. The smallest absolute Gasteiger partial charge is 0.352 e. The van der Waals surface area contributed by atoms with E-state index >= 15 is 0 Å². The Labute approximate surface area is 137 Å². The first kappa shape index (κ1) is 19.1. The van der Waals surface area contributed by atoms with Crippen LogP contribution in [0.2, 0.25) is 0 Å². The molecule has 1 amide bonds. The van der Waals surface area contributed by atoms with Gasteiger partial charge in [-0.2, -0.15) is 13.2 Å². The van der Waals surface area contributed by atoms with Gasteiger partial charge < -0.3 is 10.6 Å². The Bertz CT molecular complexity index is 476. The highest BCUT2D eigenvalue weighted by atomic mass is 35.5. The maximum Gasteiger partial charge on any atom is 0.446 e. The van der Waals surface area contributed by atoms with Crippen LogP contribution < -0.4 is 10.6 Å². The van der Waals surface area contributed by atoms with Gasteiger partial charge in [0.25, 0.3) is 5.91 Å². The number of rotatable bonds is 4. The standard InChI is InChI=1S/C14H17F3N2OS.ClH/c15-14(16,17)21-12-5-3-11(4-6-12)13(20)19-9-10-2-1-7-18-8-10;/h3-6,10,18H,1-2,7-9H2,(H,19,20);1H. The fraction of sp³-hybridized carbons (Fsp3) is 0.500. The van der Waals surface area contributed by atoms with Gasteiger partial charge in [-0.15, -0.1) is 12.4 Å². The topological polar surface area (TPSA) is 41.1 Å². The molecule has 1 atom stereocenters. The number of hydrogen-bond donors (Lipinski definition) is 2. The van der Waals surface area contributed by atoms with Crippen molar-refractivity contribution < 1.29 is 18.0 Å². The van der Waals surface area contributed by atoms with E-state index in [1.807, 2.05) is 0 Å². The number of carbonyl (C=O) groups is 1. The minimum Gasteiger partial charge on any atom is -0.352 e. The molecule has 0 bridgehead atoms. The van der Waals surface area contributed by atoms with E-state index < -0.39 is 5.51 Å². The van der Waals surface area contributed by atoms with Crippen LogP contribution in [0.3, 0.4) is 0 Å². The quantitative estimate of drug-likeness (QED) is 0.814. The summed E-state index contributed by atoms with van der Waals surface area (Å²) in [4.78, 5) is 12.0. The van der Waals surface area contributed by atoms with Crippen LogP contribution in [-0.4, -0.2) is 31.0 Å². The van der Waals surface area contributed by atoms with E-state index in [0.29, 0.717) is 18.0 Å². The van der Waals surface area contributed by atoms with Crippen molar-refractivity contribution in [1.29, 1.82) is 0 Å². The van der Waals surface area contributed by atoms with Gasteiger partial charge in [-0.1, -0.05) is 0 Å². The molecule has 0 radical (unpaired) electrons. The molecule has 1 aromatic rings. The monoisotopic (exact) mass is 354 g/mol. The Balaban J connectivity index is 0.00000242. The minimum absolute atomic E-state index is 0. The molecule has 3 nitrogen and oxygen atoms in total. The lowest BCUT2D eigenvalue weighted by Crippen LogP contribution is -2.38. The lowest BCUT2D eigenvalue weighted by atomic mass is 10.00. The molecule has 0 aliphatic carbocycles. The molecule has 1 fully saturated rings. The predicted octanol–water partition coefficient (Wildman–Crippen LogP) is 3.45. The lowest BCUT2D eigenvalue weighted by Gasteiger charge is -2.22. The van der Waals surface area contributed by atoms with Crippen LogP contribution in [0, 0.1) is 5.92 Å². The highest BCUT2D eigenvalue weighted by molar-refractivity contribution is 8.00. The maximum atomic E-state index is 12.2. The van der Waals surface area contributed by atoms with E-state index in [-0.39, 0.29) is 35.0 Å². The van der Waals surface area contributed by atoms with Crippen LogP contribution in [0.15, 0.2) is 29.2 Å². The number of thioether (sulfide) groups is 1. The van der Waals surface area contributed by atoms with Crippen molar-refractivity contribution in [2.75, 3.05) is 19.6 Å². The molecule has 1 saturated heterocycles. The molecule has 22 heavy (non-hydrogen) atoms. The normalized spacial score (nSPS) is 18.4. The number of carbonyl (C=O) groups excluding carboxylic acids is 1. The van der Waals surface area contributed by atoms with Crippen LogP contribution in [-0.2, 0) is 0 Å². The minimum atomic E-state index is -4.31. The van der Waals surface area contributed by atoms with Gasteiger partial charge in [0.15, 0.2) is 0 Å².